The Morgan fingerprint density at radius 1 is 1.50 bits per heavy atom. The lowest BCUT2D eigenvalue weighted by molar-refractivity contribution is -0.156. The highest BCUT2D eigenvalue weighted by Crippen LogP contribution is 2.10. The number of ether oxygens (including phenoxy) is 1. The number of hydrogen-bond acceptors (Lipinski definition) is 5. The average Bonchev–Trinajstić information content (AvgIpc) is 2.66. The molecule has 102 valence electrons. The largest absolute Gasteiger partial charge is 0.459 e. The van der Waals surface area contributed by atoms with Gasteiger partial charge >= 0.3 is 5.97 Å². The van der Waals surface area contributed by atoms with Gasteiger partial charge in [-0.3, -0.25) is 9.89 Å². The van der Waals surface area contributed by atoms with E-state index in [2.05, 4.69) is 14.9 Å². The van der Waals surface area contributed by atoms with Crippen molar-refractivity contribution in [3.63, 3.8) is 0 Å². The van der Waals surface area contributed by atoms with E-state index in [1.165, 1.54) is 13.1 Å². The molecule has 0 aliphatic carbocycles. The van der Waals surface area contributed by atoms with E-state index in [1.54, 1.807) is 20.8 Å². The van der Waals surface area contributed by atoms with E-state index in [-0.39, 0.29) is 4.90 Å². The van der Waals surface area contributed by atoms with Crippen LogP contribution in [0.25, 0.3) is 0 Å². The number of nitrogens with one attached hydrogen (secondary N) is 2. The second-order valence-electron chi connectivity index (χ2n) is 4.81. The number of nitrogens with zero attached hydrogens (tertiary/aromatic N) is 1. The number of aromatic amines is 1. The van der Waals surface area contributed by atoms with Gasteiger partial charge in [0.15, 0.2) is 0 Å². The summed E-state index contributed by atoms with van der Waals surface area (Å²) >= 11 is 0. The summed E-state index contributed by atoms with van der Waals surface area (Å²) in [6, 6.07) is -0.968. The average molecular weight is 275 g/mol. The molecule has 0 saturated carbocycles. The topological polar surface area (TPSA) is 101 Å². The van der Waals surface area contributed by atoms with E-state index in [0.717, 1.165) is 6.20 Å². The normalized spacial score (nSPS) is 14.2. The summed E-state index contributed by atoms with van der Waals surface area (Å²) in [5.74, 6) is -0.630. The molecular formula is C10H17N3O4S. The lowest BCUT2D eigenvalue weighted by Gasteiger charge is -2.22. The first kappa shape index (κ1) is 14.7. The van der Waals surface area contributed by atoms with E-state index >= 15 is 0 Å². The Labute approximate surface area is 106 Å². The fourth-order valence-corrected chi connectivity index (χ4v) is 2.22. The van der Waals surface area contributed by atoms with Crippen LogP contribution in [0.3, 0.4) is 0 Å². The molecule has 1 rings (SSSR count). The highest BCUT2D eigenvalue weighted by Gasteiger charge is 2.26. The van der Waals surface area contributed by atoms with Crippen LogP contribution in [0.5, 0.6) is 0 Å². The third-order valence-corrected chi connectivity index (χ3v) is 3.38. The van der Waals surface area contributed by atoms with Crippen LogP contribution in [0.4, 0.5) is 0 Å². The molecule has 0 radical (unpaired) electrons. The van der Waals surface area contributed by atoms with E-state index in [1.807, 2.05) is 0 Å². The first-order valence-corrected chi connectivity index (χ1v) is 6.84. The van der Waals surface area contributed by atoms with Gasteiger partial charge in [-0.1, -0.05) is 0 Å². The number of carbonyl (C=O) groups excluding carboxylic acids is 1. The summed E-state index contributed by atoms with van der Waals surface area (Å²) in [5, 5.41) is 5.93. The van der Waals surface area contributed by atoms with Gasteiger partial charge < -0.3 is 4.74 Å². The minimum absolute atomic E-state index is 0.0297. The van der Waals surface area contributed by atoms with Gasteiger partial charge in [0.2, 0.25) is 10.0 Å². The molecule has 1 aromatic heterocycles. The third-order valence-electron chi connectivity index (χ3n) is 1.88. The van der Waals surface area contributed by atoms with Crippen LogP contribution in [-0.2, 0) is 19.6 Å². The maximum Gasteiger partial charge on any atom is 0.324 e. The fourth-order valence-electron chi connectivity index (χ4n) is 1.13. The highest BCUT2D eigenvalue weighted by molar-refractivity contribution is 7.89. The van der Waals surface area contributed by atoms with Gasteiger partial charge in [0.05, 0.1) is 6.20 Å². The smallest absolute Gasteiger partial charge is 0.324 e. The van der Waals surface area contributed by atoms with Gasteiger partial charge in [-0.2, -0.15) is 9.82 Å². The molecule has 0 aliphatic heterocycles. The lowest BCUT2D eigenvalue weighted by Crippen LogP contribution is -2.42. The molecule has 1 atom stereocenters. The maximum atomic E-state index is 11.8. The zero-order valence-electron chi connectivity index (χ0n) is 10.7. The van der Waals surface area contributed by atoms with Crippen LogP contribution in [0.15, 0.2) is 17.3 Å². The SMILES string of the molecule is C[C@H](NS(=O)(=O)c1cn[nH]c1)C(=O)OC(C)(C)C. The van der Waals surface area contributed by atoms with Gasteiger partial charge in [0, 0.05) is 6.20 Å². The molecule has 0 unspecified atom stereocenters. The van der Waals surface area contributed by atoms with Crippen LogP contribution in [0.1, 0.15) is 27.7 Å². The molecule has 0 bridgehead atoms. The summed E-state index contributed by atoms with van der Waals surface area (Å²) < 4.78 is 30.9. The summed E-state index contributed by atoms with van der Waals surface area (Å²) in [4.78, 5) is 11.6. The molecular weight excluding hydrogens is 258 g/mol. The van der Waals surface area contributed by atoms with Crippen molar-refractivity contribution in [2.24, 2.45) is 0 Å². The summed E-state index contributed by atoms with van der Waals surface area (Å²) in [6.07, 6.45) is 2.38. The van der Waals surface area contributed by atoms with E-state index in [4.69, 9.17) is 4.74 Å². The van der Waals surface area contributed by atoms with Crippen molar-refractivity contribution in [1.29, 1.82) is 0 Å². The van der Waals surface area contributed by atoms with Gasteiger partial charge in [0.25, 0.3) is 0 Å². The number of aromatic nitrogens is 2. The van der Waals surface area contributed by atoms with Crippen LogP contribution < -0.4 is 4.72 Å². The molecule has 0 spiro atoms. The molecule has 0 fully saturated rings. The zero-order valence-corrected chi connectivity index (χ0v) is 11.5. The van der Waals surface area contributed by atoms with Gasteiger partial charge in [0.1, 0.15) is 16.5 Å². The van der Waals surface area contributed by atoms with Crippen molar-refractivity contribution in [2.75, 3.05) is 0 Å². The summed E-state index contributed by atoms with van der Waals surface area (Å²) in [5.41, 5.74) is -0.660. The van der Waals surface area contributed by atoms with Crippen molar-refractivity contribution < 1.29 is 17.9 Å². The molecule has 7 nitrogen and oxygen atoms in total. The number of H-pyrrole nitrogens is 1. The Balaban J connectivity index is 2.71. The van der Waals surface area contributed by atoms with Crippen LogP contribution in [-0.4, -0.2) is 36.2 Å². The first-order valence-electron chi connectivity index (χ1n) is 5.36. The Morgan fingerprint density at radius 3 is 2.56 bits per heavy atom. The third kappa shape index (κ3) is 4.11. The second-order valence-corrected chi connectivity index (χ2v) is 6.52. The lowest BCUT2D eigenvalue weighted by atomic mass is 10.2. The first-order chi connectivity index (χ1) is 8.12. The molecule has 8 heteroatoms. The van der Waals surface area contributed by atoms with Gasteiger partial charge in [-0.15, -0.1) is 0 Å². The Hall–Kier alpha value is -1.41. The Morgan fingerprint density at radius 2 is 2.11 bits per heavy atom. The standard InChI is InChI=1S/C10H17N3O4S/c1-7(9(14)17-10(2,3)4)13-18(15,16)8-5-11-12-6-8/h5-7,13H,1-4H3,(H,11,12)/t7-/m0/s1. The number of sulfonamides is 1. The van der Waals surface area contributed by atoms with E-state index < -0.39 is 27.6 Å². The van der Waals surface area contributed by atoms with Crippen LogP contribution in [0.2, 0.25) is 0 Å². The molecule has 1 aromatic rings. The van der Waals surface area contributed by atoms with Crippen molar-refractivity contribution >= 4 is 16.0 Å². The van der Waals surface area contributed by atoms with Crippen LogP contribution in [0, 0.1) is 0 Å². The van der Waals surface area contributed by atoms with Gasteiger partial charge in [-0.05, 0) is 27.7 Å². The van der Waals surface area contributed by atoms with Crippen LogP contribution >= 0.6 is 0 Å². The predicted octanol–water partition coefficient (Wildman–Crippen LogP) is 0.418. The fraction of sp³-hybridized carbons (Fsp3) is 0.600. The maximum absolute atomic E-state index is 11.8. The zero-order chi connectivity index (χ0) is 14.0. The van der Waals surface area contributed by atoms with Crippen molar-refractivity contribution in [1.82, 2.24) is 14.9 Å². The molecule has 1 heterocycles. The molecule has 2 N–H and O–H groups in total. The van der Waals surface area contributed by atoms with E-state index in [0.29, 0.717) is 0 Å². The minimum Gasteiger partial charge on any atom is -0.459 e. The molecule has 18 heavy (non-hydrogen) atoms. The van der Waals surface area contributed by atoms with Crippen molar-refractivity contribution in [3.05, 3.63) is 12.4 Å². The second kappa shape index (κ2) is 5.07. The number of rotatable bonds is 4. The molecule has 0 aromatic carbocycles. The molecule has 0 aliphatic rings. The molecule has 0 amide bonds. The quantitative estimate of drug-likeness (QED) is 0.775. The monoisotopic (exact) mass is 275 g/mol. The predicted molar refractivity (Wildman–Crippen MR) is 64.2 cm³/mol. The van der Waals surface area contributed by atoms with Crippen molar-refractivity contribution in [3.8, 4) is 0 Å². The van der Waals surface area contributed by atoms with E-state index in [9.17, 15) is 13.2 Å². The molecule has 0 saturated heterocycles. The number of hydrogen-bond donors (Lipinski definition) is 2. The minimum atomic E-state index is -3.76. The summed E-state index contributed by atoms with van der Waals surface area (Å²) in [6.45, 7) is 6.55. The summed E-state index contributed by atoms with van der Waals surface area (Å²) in [7, 11) is -3.76. The van der Waals surface area contributed by atoms with Crippen molar-refractivity contribution in [2.45, 2.75) is 44.2 Å². The number of carbonyl (C=O) groups is 1. The Bertz CT molecular complexity index is 502. The van der Waals surface area contributed by atoms with Gasteiger partial charge in [-0.25, -0.2) is 8.42 Å². The Kier molecular flexibility index (Phi) is 4.12. The highest BCUT2D eigenvalue weighted by atomic mass is 32.2. The number of esters is 1.